The standard InChI is InChI=1S/C71H143NO4/c1-3-5-7-9-11-13-15-17-19-21-23-25-27-29-30-31-32-33-34-35-36-37-38-39-40-41-42-44-46-48-50-52-54-56-58-60-62-64-66-70(75)71(76)72-68(67-73)69(74)65-63-61-59-57-55-53-51-49-47-45-43-28-26-24-22-20-18-16-14-12-10-8-6-4-2/h68-70,73-75H,3-67H2,1-2H3,(H,72,76). The van der Waals surface area contributed by atoms with Crippen LogP contribution in [-0.2, 0) is 4.79 Å². The molecule has 456 valence electrons. The molecular formula is C71H143NO4. The summed E-state index contributed by atoms with van der Waals surface area (Å²) >= 11 is 0. The first kappa shape index (κ1) is 75.3. The van der Waals surface area contributed by atoms with Gasteiger partial charge in [0, 0.05) is 0 Å². The number of hydrogen-bond donors (Lipinski definition) is 4. The van der Waals surface area contributed by atoms with Gasteiger partial charge < -0.3 is 20.6 Å². The molecule has 0 aromatic rings. The Kier molecular flexibility index (Phi) is 66.3. The van der Waals surface area contributed by atoms with Gasteiger partial charge in [0.1, 0.15) is 6.10 Å². The van der Waals surface area contributed by atoms with E-state index in [1.807, 2.05) is 0 Å². The maximum atomic E-state index is 12.6. The highest BCUT2D eigenvalue weighted by Gasteiger charge is 2.23. The van der Waals surface area contributed by atoms with E-state index in [2.05, 4.69) is 19.2 Å². The molecule has 0 saturated carbocycles. The molecule has 0 heterocycles. The van der Waals surface area contributed by atoms with Crippen molar-refractivity contribution in [2.24, 2.45) is 0 Å². The van der Waals surface area contributed by atoms with Crippen molar-refractivity contribution in [3.05, 3.63) is 0 Å². The third kappa shape index (κ3) is 61.0. The van der Waals surface area contributed by atoms with Crippen molar-refractivity contribution in [3.8, 4) is 0 Å². The van der Waals surface area contributed by atoms with Crippen molar-refractivity contribution in [2.45, 2.75) is 443 Å². The quantitative estimate of drug-likeness (QED) is 0.0457. The molecule has 0 saturated heterocycles. The molecule has 0 spiro atoms. The zero-order valence-electron chi connectivity index (χ0n) is 52.4. The Hall–Kier alpha value is -0.650. The van der Waals surface area contributed by atoms with Crippen molar-refractivity contribution in [1.29, 1.82) is 0 Å². The third-order valence-corrected chi connectivity index (χ3v) is 17.5. The lowest BCUT2D eigenvalue weighted by atomic mass is 10.0. The molecule has 0 aliphatic carbocycles. The molecule has 3 unspecified atom stereocenters. The Morgan fingerprint density at radius 1 is 0.263 bits per heavy atom. The van der Waals surface area contributed by atoms with Crippen molar-refractivity contribution in [3.63, 3.8) is 0 Å². The van der Waals surface area contributed by atoms with Crippen molar-refractivity contribution in [2.75, 3.05) is 6.61 Å². The lowest BCUT2D eigenvalue weighted by Gasteiger charge is -2.23. The Balaban J connectivity index is 3.40. The van der Waals surface area contributed by atoms with Crippen LogP contribution < -0.4 is 5.32 Å². The molecule has 0 aromatic carbocycles. The van der Waals surface area contributed by atoms with Gasteiger partial charge in [-0.25, -0.2) is 0 Å². The van der Waals surface area contributed by atoms with E-state index in [9.17, 15) is 20.1 Å². The second-order valence-electron chi connectivity index (χ2n) is 25.2. The van der Waals surface area contributed by atoms with E-state index in [0.29, 0.717) is 12.8 Å². The van der Waals surface area contributed by atoms with Crippen LogP contribution in [0.25, 0.3) is 0 Å². The molecule has 0 bridgehead atoms. The number of unbranched alkanes of at least 4 members (excludes halogenated alkanes) is 60. The molecule has 4 N–H and O–H groups in total. The van der Waals surface area contributed by atoms with Crippen LogP contribution in [0.2, 0.25) is 0 Å². The summed E-state index contributed by atoms with van der Waals surface area (Å²) in [5.41, 5.74) is 0. The van der Waals surface area contributed by atoms with E-state index >= 15 is 0 Å². The lowest BCUT2D eigenvalue weighted by molar-refractivity contribution is -0.131. The van der Waals surface area contributed by atoms with Gasteiger partial charge in [-0.15, -0.1) is 0 Å². The number of aliphatic hydroxyl groups excluding tert-OH is 3. The summed E-state index contributed by atoms with van der Waals surface area (Å²) < 4.78 is 0. The molecular weight excluding hydrogens is 931 g/mol. The number of carbonyl (C=O) groups excluding carboxylic acids is 1. The number of nitrogens with one attached hydrogen (secondary N) is 1. The molecule has 0 aliphatic heterocycles. The van der Waals surface area contributed by atoms with Gasteiger partial charge in [-0.2, -0.15) is 0 Å². The van der Waals surface area contributed by atoms with E-state index in [1.165, 1.54) is 366 Å². The summed E-state index contributed by atoms with van der Waals surface area (Å²) in [4.78, 5) is 12.6. The van der Waals surface area contributed by atoms with E-state index in [-0.39, 0.29) is 6.61 Å². The fourth-order valence-corrected chi connectivity index (χ4v) is 12.0. The average Bonchev–Trinajstić information content (AvgIpc) is 3.42. The fourth-order valence-electron chi connectivity index (χ4n) is 12.0. The summed E-state index contributed by atoms with van der Waals surface area (Å²) in [6.07, 6.45) is 85.2. The number of hydrogen-bond acceptors (Lipinski definition) is 4. The largest absolute Gasteiger partial charge is 0.394 e. The molecule has 1 amide bonds. The SMILES string of the molecule is CCCCCCCCCCCCCCCCCCCCCCCCCCCCCCCCCCCCCCCCC(O)C(=O)NC(CO)C(O)CCCCCCCCCCCCCCCCCCCCCCCCCC. The molecule has 0 rings (SSSR count). The molecule has 3 atom stereocenters. The minimum Gasteiger partial charge on any atom is -0.394 e. The minimum absolute atomic E-state index is 0.307. The summed E-state index contributed by atoms with van der Waals surface area (Å²) in [5, 5.41) is 33.7. The van der Waals surface area contributed by atoms with Gasteiger partial charge in [0.25, 0.3) is 0 Å². The zero-order chi connectivity index (χ0) is 55.0. The Morgan fingerprint density at radius 2 is 0.421 bits per heavy atom. The van der Waals surface area contributed by atoms with Crippen LogP contribution in [0.15, 0.2) is 0 Å². The highest BCUT2D eigenvalue weighted by molar-refractivity contribution is 5.80. The van der Waals surface area contributed by atoms with Crippen LogP contribution in [0, 0.1) is 0 Å². The van der Waals surface area contributed by atoms with Gasteiger partial charge in [-0.1, -0.05) is 412 Å². The predicted molar refractivity (Wildman–Crippen MR) is 338 cm³/mol. The second kappa shape index (κ2) is 66.9. The smallest absolute Gasteiger partial charge is 0.249 e. The maximum Gasteiger partial charge on any atom is 0.249 e. The van der Waals surface area contributed by atoms with Gasteiger partial charge >= 0.3 is 0 Å². The maximum absolute atomic E-state index is 12.6. The molecule has 5 nitrogen and oxygen atoms in total. The first-order valence-electron chi connectivity index (χ1n) is 35.8. The summed E-state index contributed by atoms with van der Waals surface area (Å²) in [6, 6.07) is -0.709. The number of carbonyl (C=O) groups is 1. The fraction of sp³-hybridized carbons (Fsp3) is 0.986. The zero-order valence-corrected chi connectivity index (χ0v) is 52.4. The Labute approximate surface area is 478 Å². The molecule has 0 fully saturated rings. The second-order valence-corrected chi connectivity index (χ2v) is 25.2. The number of amides is 1. The van der Waals surface area contributed by atoms with Gasteiger partial charge in [0.05, 0.1) is 18.8 Å². The average molecular weight is 1070 g/mol. The first-order valence-corrected chi connectivity index (χ1v) is 35.8. The summed E-state index contributed by atoms with van der Waals surface area (Å²) in [5.74, 6) is -0.459. The molecule has 0 aromatic heterocycles. The van der Waals surface area contributed by atoms with E-state index in [4.69, 9.17) is 0 Å². The number of aliphatic hydroxyl groups is 3. The minimum atomic E-state index is -1.07. The Morgan fingerprint density at radius 3 is 0.592 bits per heavy atom. The van der Waals surface area contributed by atoms with Crippen LogP contribution in [0.5, 0.6) is 0 Å². The monoisotopic (exact) mass is 1070 g/mol. The first-order chi connectivity index (χ1) is 37.6. The molecule has 0 radical (unpaired) electrons. The number of rotatable bonds is 68. The summed E-state index contributed by atoms with van der Waals surface area (Å²) in [6.45, 7) is 4.30. The van der Waals surface area contributed by atoms with Crippen LogP contribution >= 0.6 is 0 Å². The normalized spacial score (nSPS) is 13.0. The van der Waals surface area contributed by atoms with Gasteiger partial charge in [-0.3, -0.25) is 4.79 Å². The lowest BCUT2D eigenvalue weighted by Crippen LogP contribution is -2.49. The highest BCUT2D eigenvalue weighted by atomic mass is 16.3. The predicted octanol–water partition coefficient (Wildman–Crippen LogP) is 23.2. The van der Waals surface area contributed by atoms with Crippen LogP contribution in [0.1, 0.15) is 425 Å². The van der Waals surface area contributed by atoms with Gasteiger partial charge in [0.2, 0.25) is 5.91 Å². The van der Waals surface area contributed by atoms with Gasteiger partial charge in [-0.05, 0) is 12.8 Å². The summed E-state index contributed by atoms with van der Waals surface area (Å²) in [7, 11) is 0. The highest BCUT2D eigenvalue weighted by Crippen LogP contribution is 2.20. The Bertz CT molecular complexity index is 1050. The topological polar surface area (TPSA) is 89.8 Å². The molecule has 5 heteroatoms. The molecule has 0 aliphatic rings. The van der Waals surface area contributed by atoms with Gasteiger partial charge in [0.15, 0.2) is 0 Å². The van der Waals surface area contributed by atoms with Crippen LogP contribution in [0.3, 0.4) is 0 Å². The van der Waals surface area contributed by atoms with Crippen molar-refractivity contribution >= 4 is 5.91 Å². The third-order valence-electron chi connectivity index (χ3n) is 17.5. The van der Waals surface area contributed by atoms with E-state index in [1.54, 1.807) is 0 Å². The van der Waals surface area contributed by atoms with E-state index in [0.717, 1.165) is 32.1 Å². The van der Waals surface area contributed by atoms with Crippen LogP contribution in [-0.4, -0.2) is 46.1 Å². The van der Waals surface area contributed by atoms with Crippen LogP contribution in [0.4, 0.5) is 0 Å². The van der Waals surface area contributed by atoms with E-state index < -0.39 is 24.2 Å². The molecule has 76 heavy (non-hydrogen) atoms. The van der Waals surface area contributed by atoms with Crippen molar-refractivity contribution < 1.29 is 20.1 Å². The van der Waals surface area contributed by atoms with Crippen molar-refractivity contribution in [1.82, 2.24) is 5.32 Å².